The molecular weight excluding hydrogens is 492 g/mol. The van der Waals surface area contributed by atoms with Gasteiger partial charge in [-0.05, 0) is 63.6 Å². The first kappa shape index (κ1) is 27.9. The number of hydrogen-bond acceptors (Lipinski definition) is 10. The van der Waals surface area contributed by atoms with Crippen molar-refractivity contribution in [2.24, 2.45) is 29.4 Å². The van der Waals surface area contributed by atoms with Gasteiger partial charge in [0, 0.05) is 32.2 Å². The molecule has 0 radical (unpaired) electrons. The predicted octanol–water partition coefficient (Wildman–Crippen LogP) is -0.615. The van der Waals surface area contributed by atoms with Crippen LogP contribution in [0.3, 0.4) is 0 Å². The van der Waals surface area contributed by atoms with Crippen molar-refractivity contribution in [2.75, 3.05) is 46.7 Å². The van der Waals surface area contributed by atoms with E-state index in [-0.39, 0.29) is 24.2 Å². The van der Waals surface area contributed by atoms with Gasteiger partial charge in [0.25, 0.3) is 0 Å². The molecule has 0 bridgehead atoms. The number of aliphatic hydroxyl groups is 1. The maximum Gasteiger partial charge on any atom is 0.235 e. The number of ketones is 4. The second-order valence-electron chi connectivity index (χ2n) is 11.3. The van der Waals surface area contributed by atoms with Crippen molar-refractivity contribution in [3.8, 4) is 5.75 Å². The number of carbonyl (C=O) groups is 5. The summed E-state index contributed by atoms with van der Waals surface area (Å²) in [5.41, 5.74) is 4.82. The first-order valence-electron chi connectivity index (χ1n) is 12.8. The van der Waals surface area contributed by atoms with Gasteiger partial charge in [-0.15, -0.1) is 0 Å². The number of fused-ring (bicyclic) bond motifs is 3. The molecule has 3 aliphatic rings. The normalized spacial score (nSPS) is 30.8. The number of amides is 1. The van der Waals surface area contributed by atoms with Gasteiger partial charge in [-0.3, -0.25) is 28.9 Å². The summed E-state index contributed by atoms with van der Waals surface area (Å²) in [5.74, 6) is -10.4. The zero-order valence-electron chi connectivity index (χ0n) is 22.6. The molecule has 3 aliphatic carbocycles. The summed E-state index contributed by atoms with van der Waals surface area (Å²) in [6.45, 7) is 3.30. The molecule has 0 aromatic heterocycles. The minimum absolute atomic E-state index is 0.00296. The molecule has 2 unspecified atom stereocenters. The third-order valence-electron chi connectivity index (χ3n) is 8.54. The van der Waals surface area contributed by atoms with Gasteiger partial charge < -0.3 is 25.7 Å². The van der Waals surface area contributed by atoms with Crippen molar-refractivity contribution in [3.05, 3.63) is 22.8 Å². The minimum atomic E-state index is -2.72. The van der Waals surface area contributed by atoms with E-state index in [0.717, 1.165) is 17.8 Å². The molecule has 0 saturated heterocycles. The summed E-state index contributed by atoms with van der Waals surface area (Å²) in [7, 11) is 8.75. The van der Waals surface area contributed by atoms with Crippen LogP contribution in [-0.2, 0) is 32.1 Å². The lowest BCUT2D eigenvalue weighted by Gasteiger charge is -2.52. The van der Waals surface area contributed by atoms with Crippen LogP contribution in [0.25, 0.3) is 0 Å². The topological polar surface area (TPSA) is 162 Å². The number of likely N-dealkylation sites (N-methyl/N-ethyl adjacent to an activating group) is 1. The highest BCUT2D eigenvalue weighted by atomic mass is 16.3. The van der Waals surface area contributed by atoms with Crippen molar-refractivity contribution in [1.82, 2.24) is 9.80 Å². The zero-order valence-corrected chi connectivity index (χ0v) is 22.6. The molecule has 0 spiro atoms. The Morgan fingerprint density at radius 2 is 1.74 bits per heavy atom. The van der Waals surface area contributed by atoms with Crippen molar-refractivity contribution in [3.63, 3.8) is 0 Å². The lowest BCUT2D eigenvalue weighted by atomic mass is 9.52. The average Bonchev–Trinajstić information content (AvgIpc) is 2.80. The molecule has 4 N–H and O–H groups in total. The number of Topliss-reactive ketones (excluding diaryl/α,β-unsaturated/α-hetero) is 4. The zero-order chi connectivity index (χ0) is 28.4. The molecule has 0 aliphatic heterocycles. The summed E-state index contributed by atoms with van der Waals surface area (Å²) < 4.78 is 0. The van der Waals surface area contributed by atoms with Crippen LogP contribution in [0.1, 0.15) is 34.8 Å². The highest BCUT2D eigenvalue weighted by Gasteiger charge is 2.69. The molecule has 1 aromatic carbocycles. The highest BCUT2D eigenvalue weighted by Crippen LogP contribution is 2.52. The van der Waals surface area contributed by atoms with Gasteiger partial charge in [-0.1, -0.05) is 6.92 Å². The van der Waals surface area contributed by atoms with Crippen LogP contribution < -0.4 is 10.6 Å². The number of nitrogens with two attached hydrogens (primary N) is 1. The quantitative estimate of drug-likeness (QED) is 0.406. The lowest BCUT2D eigenvalue weighted by molar-refractivity contribution is -0.181. The number of phenols is 1. The molecule has 1 aromatic rings. The standard InChI is InChI=1S/C27H36N4O7/c1-7-31(6)11-13-10-16(32)18-14(20(13)29(2)3)8-12-9-15-21(30(4)5)23(34)19(26(28)37)25(36)27(15,38)24(35)17(12)22(18)33/h10,12,15,17,19,21,32,38H,7-9,11H2,1-6H3,(H2,28,37)/t12-,15-,17?,19?,21-,27-/m0/s1. The maximum absolute atomic E-state index is 13.9. The number of nitrogens with zero attached hydrogens (tertiary/aromatic N) is 3. The van der Waals surface area contributed by atoms with Gasteiger partial charge in [0.15, 0.2) is 34.7 Å². The number of benzene rings is 1. The van der Waals surface area contributed by atoms with Crippen molar-refractivity contribution >= 4 is 34.7 Å². The van der Waals surface area contributed by atoms with Crippen LogP contribution in [0.4, 0.5) is 5.69 Å². The molecule has 11 heteroatoms. The Bertz CT molecular complexity index is 1240. The second kappa shape index (κ2) is 9.55. The van der Waals surface area contributed by atoms with Crippen LogP contribution >= 0.6 is 0 Å². The SMILES string of the molecule is CCN(C)Cc1cc(O)c2c(c1N(C)C)C[C@H]1C[C@H]3[C@H](N(C)C)C(=O)C(C(N)=O)C(=O)[C@@]3(O)C(=O)C1C2=O. The summed E-state index contributed by atoms with van der Waals surface area (Å²) in [5, 5.41) is 22.6. The first-order chi connectivity index (χ1) is 17.7. The van der Waals surface area contributed by atoms with Gasteiger partial charge in [0.1, 0.15) is 5.75 Å². The van der Waals surface area contributed by atoms with Gasteiger partial charge in [0.05, 0.1) is 17.5 Å². The average molecular weight is 529 g/mol. The number of aromatic hydroxyl groups is 1. The molecule has 4 rings (SSSR count). The fourth-order valence-corrected chi connectivity index (χ4v) is 6.81. The number of carbonyl (C=O) groups excluding carboxylic acids is 5. The number of hydrogen-bond donors (Lipinski definition) is 3. The monoisotopic (exact) mass is 528 g/mol. The van der Waals surface area contributed by atoms with E-state index in [1.807, 2.05) is 33.0 Å². The fraction of sp³-hybridized carbons (Fsp3) is 0.593. The predicted molar refractivity (Wildman–Crippen MR) is 138 cm³/mol. The second-order valence-corrected chi connectivity index (χ2v) is 11.3. The molecule has 6 atom stereocenters. The smallest absolute Gasteiger partial charge is 0.235 e. The van der Waals surface area contributed by atoms with Gasteiger partial charge in [-0.25, -0.2) is 0 Å². The van der Waals surface area contributed by atoms with Gasteiger partial charge in [-0.2, -0.15) is 0 Å². The first-order valence-corrected chi connectivity index (χ1v) is 12.8. The van der Waals surface area contributed by atoms with Crippen LogP contribution in [0, 0.1) is 23.7 Å². The number of phenolic OH excluding ortho intramolecular Hbond substituents is 1. The van der Waals surface area contributed by atoms with Crippen LogP contribution in [0.15, 0.2) is 6.07 Å². The summed E-state index contributed by atoms with van der Waals surface area (Å²) in [4.78, 5) is 71.8. The lowest BCUT2D eigenvalue weighted by Crippen LogP contribution is -2.74. The molecule has 206 valence electrons. The molecule has 38 heavy (non-hydrogen) atoms. The Kier molecular flexibility index (Phi) is 7.00. The van der Waals surface area contributed by atoms with Gasteiger partial charge >= 0.3 is 0 Å². The van der Waals surface area contributed by atoms with E-state index in [1.165, 1.54) is 11.0 Å². The van der Waals surface area contributed by atoms with Crippen molar-refractivity contribution in [2.45, 2.75) is 38.0 Å². The minimum Gasteiger partial charge on any atom is -0.507 e. The summed E-state index contributed by atoms with van der Waals surface area (Å²) in [6, 6.07) is 0.404. The van der Waals surface area contributed by atoms with E-state index in [9.17, 15) is 34.2 Å². The Labute approximate surface area is 221 Å². The Hall–Kier alpha value is -3.15. The van der Waals surface area contributed by atoms with Crippen molar-refractivity contribution in [1.29, 1.82) is 0 Å². The number of primary amides is 1. The summed E-state index contributed by atoms with van der Waals surface area (Å²) in [6.07, 6.45) is 0.257. The van der Waals surface area contributed by atoms with Crippen LogP contribution in [0.5, 0.6) is 5.75 Å². The van der Waals surface area contributed by atoms with Crippen molar-refractivity contribution < 1.29 is 34.2 Å². The largest absolute Gasteiger partial charge is 0.507 e. The molecule has 1 amide bonds. The maximum atomic E-state index is 13.9. The number of rotatable bonds is 6. The van der Waals surface area contributed by atoms with E-state index in [0.29, 0.717) is 12.1 Å². The third kappa shape index (κ3) is 3.87. The van der Waals surface area contributed by atoms with E-state index < -0.39 is 64.4 Å². The fourth-order valence-electron chi connectivity index (χ4n) is 6.81. The Morgan fingerprint density at radius 3 is 2.26 bits per heavy atom. The highest BCUT2D eigenvalue weighted by molar-refractivity contribution is 6.32. The van der Waals surface area contributed by atoms with E-state index in [4.69, 9.17) is 5.73 Å². The molecular formula is C27H36N4O7. The van der Waals surface area contributed by atoms with E-state index in [1.54, 1.807) is 14.1 Å². The number of anilines is 1. The molecule has 11 nitrogen and oxygen atoms in total. The van der Waals surface area contributed by atoms with E-state index in [2.05, 4.69) is 4.90 Å². The molecule has 2 saturated carbocycles. The van der Waals surface area contributed by atoms with Gasteiger partial charge in [0.2, 0.25) is 5.91 Å². The summed E-state index contributed by atoms with van der Waals surface area (Å²) >= 11 is 0. The molecule has 0 heterocycles. The Balaban J connectivity index is 1.88. The van der Waals surface area contributed by atoms with Crippen LogP contribution in [0.2, 0.25) is 0 Å². The van der Waals surface area contributed by atoms with Crippen LogP contribution in [-0.4, -0.2) is 102 Å². The Morgan fingerprint density at radius 1 is 1.11 bits per heavy atom. The van der Waals surface area contributed by atoms with E-state index >= 15 is 0 Å². The third-order valence-corrected chi connectivity index (χ3v) is 8.54. The molecule has 2 fully saturated rings.